The topological polar surface area (TPSA) is 106 Å². The van der Waals surface area contributed by atoms with Crippen molar-refractivity contribution < 1.29 is 9.53 Å². The van der Waals surface area contributed by atoms with Crippen LogP contribution in [0.3, 0.4) is 0 Å². The van der Waals surface area contributed by atoms with Gasteiger partial charge in [0.2, 0.25) is 0 Å². The van der Waals surface area contributed by atoms with Gasteiger partial charge in [0, 0.05) is 29.0 Å². The molecule has 9 nitrogen and oxygen atoms in total. The number of esters is 1. The van der Waals surface area contributed by atoms with Crippen molar-refractivity contribution in [2.45, 2.75) is 52.9 Å². The molecule has 0 aliphatic carbocycles. The third kappa shape index (κ3) is 5.40. The molecule has 10 heteroatoms. The maximum Gasteiger partial charge on any atom is 0.327 e. The minimum atomic E-state index is -0.392. The number of carbonyl (C=O) groups excluding carboxylic acids is 1. The number of hydrogen-bond donors (Lipinski definition) is 1. The van der Waals surface area contributed by atoms with Crippen LogP contribution in [0.1, 0.15) is 48.1 Å². The molecular formula is C24H28N6O3S. The Kier molecular flexibility index (Phi) is 7.49. The van der Waals surface area contributed by atoms with E-state index in [1.54, 1.807) is 18.3 Å². The number of hydrogen-bond acceptors (Lipinski definition) is 8. The van der Waals surface area contributed by atoms with Crippen LogP contribution in [0.15, 0.2) is 46.6 Å². The quantitative estimate of drug-likeness (QED) is 0.346. The Bertz CT molecular complexity index is 1310. The zero-order valence-electron chi connectivity index (χ0n) is 19.5. The van der Waals surface area contributed by atoms with E-state index in [2.05, 4.69) is 31.5 Å². The highest BCUT2D eigenvalue weighted by Gasteiger charge is 2.27. The average molecular weight is 481 g/mol. The van der Waals surface area contributed by atoms with E-state index in [1.807, 2.05) is 49.6 Å². The Morgan fingerprint density at radius 2 is 2.09 bits per heavy atom. The van der Waals surface area contributed by atoms with Gasteiger partial charge in [-0.2, -0.15) is 0 Å². The lowest BCUT2D eigenvalue weighted by atomic mass is 10.1. The molecule has 0 saturated carbocycles. The van der Waals surface area contributed by atoms with Crippen LogP contribution in [0.4, 0.5) is 0 Å². The summed E-state index contributed by atoms with van der Waals surface area (Å²) in [6.07, 6.45) is 0.694. The molecule has 0 saturated heterocycles. The van der Waals surface area contributed by atoms with E-state index < -0.39 is 5.97 Å². The SMILES string of the molecule is CCOC(=O)Cn1nnnc1[C@H](CC)N(Cc1cccs1)Cc1cc2ccc(C)cc2[nH]c1=O. The standard InChI is InChI=1S/C24H28N6O3S/c1-4-21(23-26-27-28-30(23)15-22(31)33-5-2)29(14-19-7-6-10-34-19)13-18-12-17-9-8-16(3)11-20(17)25-24(18)32/h6-12,21H,4-5,13-15H2,1-3H3,(H,25,32)/t21-/m0/s1. The highest BCUT2D eigenvalue weighted by atomic mass is 32.1. The van der Waals surface area contributed by atoms with E-state index in [-0.39, 0.29) is 18.1 Å². The molecule has 0 aliphatic heterocycles. The summed E-state index contributed by atoms with van der Waals surface area (Å²) in [5, 5.41) is 15.1. The number of fused-ring (bicyclic) bond motifs is 1. The van der Waals surface area contributed by atoms with E-state index in [9.17, 15) is 9.59 Å². The molecule has 1 atom stereocenters. The molecule has 0 spiro atoms. The van der Waals surface area contributed by atoms with Crippen LogP contribution in [-0.2, 0) is 29.2 Å². The second-order valence-electron chi connectivity index (χ2n) is 8.12. The van der Waals surface area contributed by atoms with Crippen LogP contribution in [-0.4, -0.2) is 42.7 Å². The fourth-order valence-electron chi connectivity index (χ4n) is 4.07. The van der Waals surface area contributed by atoms with Crippen molar-refractivity contribution in [1.82, 2.24) is 30.1 Å². The lowest BCUT2D eigenvalue weighted by Crippen LogP contribution is -2.32. The molecule has 0 bridgehead atoms. The number of aromatic amines is 1. The van der Waals surface area contributed by atoms with Gasteiger partial charge in [-0.1, -0.05) is 25.1 Å². The Morgan fingerprint density at radius 1 is 1.24 bits per heavy atom. The van der Waals surface area contributed by atoms with Crippen LogP contribution in [0.2, 0.25) is 0 Å². The number of aryl methyl sites for hydroxylation is 1. The number of nitrogens with zero attached hydrogens (tertiary/aromatic N) is 5. The second kappa shape index (κ2) is 10.7. The van der Waals surface area contributed by atoms with Crippen LogP contribution in [0.5, 0.6) is 0 Å². The number of pyridine rings is 1. The highest BCUT2D eigenvalue weighted by Crippen LogP contribution is 2.27. The van der Waals surface area contributed by atoms with Gasteiger partial charge < -0.3 is 9.72 Å². The van der Waals surface area contributed by atoms with Gasteiger partial charge in [0.1, 0.15) is 6.54 Å². The van der Waals surface area contributed by atoms with Gasteiger partial charge in [-0.15, -0.1) is 16.4 Å². The van der Waals surface area contributed by atoms with Gasteiger partial charge in [-0.25, -0.2) is 4.68 Å². The Morgan fingerprint density at radius 3 is 2.82 bits per heavy atom. The summed E-state index contributed by atoms with van der Waals surface area (Å²) < 4.78 is 6.56. The number of ether oxygens (including phenoxy) is 1. The first-order valence-corrected chi connectivity index (χ1v) is 12.2. The van der Waals surface area contributed by atoms with Crippen molar-refractivity contribution in [2.75, 3.05) is 6.61 Å². The summed E-state index contributed by atoms with van der Waals surface area (Å²) in [7, 11) is 0. The highest BCUT2D eigenvalue weighted by molar-refractivity contribution is 7.09. The molecule has 34 heavy (non-hydrogen) atoms. The summed E-state index contributed by atoms with van der Waals surface area (Å²) in [6.45, 7) is 7.06. The first kappa shape index (κ1) is 23.8. The lowest BCUT2D eigenvalue weighted by molar-refractivity contribution is -0.144. The number of tetrazole rings is 1. The summed E-state index contributed by atoms with van der Waals surface area (Å²) >= 11 is 1.66. The third-order valence-electron chi connectivity index (χ3n) is 5.66. The van der Waals surface area contributed by atoms with Gasteiger partial charge >= 0.3 is 5.97 Å². The fourth-order valence-corrected chi connectivity index (χ4v) is 4.80. The monoisotopic (exact) mass is 480 g/mol. The molecule has 3 heterocycles. The maximum atomic E-state index is 13.0. The predicted octanol–water partition coefficient (Wildman–Crippen LogP) is 3.60. The molecule has 0 aliphatic rings. The minimum absolute atomic E-state index is 0.0601. The minimum Gasteiger partial charge on any atom is -0.465 e. The van der Waals surface area contributed by atoms with Crippen LogP contribution in [0, 0.1) is 6.92 Å². The molecular weight excluding hydrogens is 452 g/mol. The zero-order valence-corrected chi connectivity index (χ0v) is 20.3. The van der Waals surface area contributed by atoms with Gasteiger partial charge in [0.05, 0.1) is 12.6 Å². The molecule has 178 valence electrons. The van der Waals surface area contributed by atoms with Crippen molar-refractivity contribution in [3.05, 3.63) is 74.0 Å². The van der Waals surface area contributed by atoms with Crippen LogP contribution >= 0.6 is 11.3 Å². The smallest absolute Gasteiger partial charge is 0.327 e. The van der Waals surface area contributed by atoms with E-state index >= 15 is 0 Å². The number of thiophene rings is 1. The zero-order chi connectivity index (χ0) is 24.1. The van der Waals surface area contributed by atoms with E-state index in [0.717, 1.165) is 21.3 Å². The Hall–Kier alpha value is -3.37. The summed E-state index contributed by atoms with van der Waals surface area (Å²) in [5.74, 6) is 0.178. The molecule has 0 radical (unpaired) electrons. The Labute approximate surface area is 201 Å². The van der Waals surface area contributed by atoms with Crippen LogP contribution < -0.4 is 5.56 Å². The van der Waals surface area contributed by atoms with Gasteiger partial charge in [0.15, 0.2) is 5.82 Å². The third-order valence-corrected chi connectivity index (χ3v) is 6.52. The van der Waals surface area contributed by atoms with Crippen molar-refractivity contribution in [3.8, 4) is 0 Å². The Balaban J connectivity index is 1.69. The predicted molar refractivity (Wildman–Crippen MR) is 130 cm³/mol. The van der Waals surface area contributed by atoms with E-state index in [0.29, 0.717) is 37.5 Å². The number of nitrogens with one attached hydrogen (secondary N) is 1. The first-order chi connectivity index (χ1) is 16.5. The van der Waals surface area contributed by atoms with Crippen molar-refractivity contribution in [1.29, 1.82) is 0 Å². The maximum absolute atomic E-state index is 13.0. The summed E-state index contributed by atoms with van der Waals surface area (Å²) in [5.41, 5.74) is 2.46. The lowest BCUT2D eigenvalue weighted by Gasteiger charge is -2.29. The molecule has 1 N–H and O–H groups in total. The van der Waals surface area contributed by atoms with Gasteiger partial charge in [-0.3, -0.25) is 14.5 Å². The molecule has 4 rings (SSSR count). The molecule has 1 aromatic carbocycles. The van der Waals surface area contributed by atoms with E-state index in [1.165, 1.54) is 4.68 Å². The largest absolute Gasteiger partial charge is 0.465 e. The second-order valence-corrected chi connectivity index (χ2v) is 9.15. The summed E-state index contributed by atoms with van der Waals surface area (Å²) in [6, 6.07) is 11.8. The molecule has 3 aromatic heterocycles. The van der Waals surface area contributed by atoms with Gasteiger partial charge in [0.25, 0.3) is 5.56 Å². The van der Waals surface area contributed by atoms with Crippen LogP contribution in [0.25, 0.3) is 10.9 Å². The number of benzene rings is 1. The summed E-state index contributed by atoms with van der Waals surface area (Å²) in [4.78, 5) is 31.4. The number of aromatic nitrogens is 5. The van der Waals surface area contributed by atoms with Crippen molar-refractivity contribution in [3.63, 3.8) is 0 Å². The normalized spacial score (nSPS) is 12.4. The molecule has 0 fully saturated rings. The number of carbonyl (C=O) groups is 1. The molecule has 4 aromatic rings. The molecule has 0 unspecified atom stereocenters. The van der Waals surface area contributed by atoms with E-state index in [4.69, 9.17) is 4.74 Å². The molecule has 0 amide bonds. The van der Waals surface area contributed by atoms with Crippen molar-refractivity contribution in [2.24, 2.45) is 0 Å². The van der Waals surface area contributed by atoms with Gasteiger partial charge in [-0.05, 0) is 65.2 Å². The first-order valence-electron chi connectivity index (χ1n) is 11.3. The van der Waals surface area contributed by atoms with Crippen molar-refractivity contribution >= 4 is 28.2 Å². The average Bonchev–Trinajstić information content (AvgIpc) is 3.47. The number of H-pyrrole nitrogens is 1. The number of rotatable bonds is 10. The fraction of sp³-hybridized carbons (Fsp3) is 0.375.